The van der Waals surface area contributed by atoms with Gasteiger partial charge in [-0.3, -0.25) is 4.57 Å². The van der Waals surface area contributed by atoms with Gasteiger partial charge in [-0.15, -0.1) is 20.4 Å². The van der Waals surface area contributed by atoms with Crippen LogP contribution in [0, 0.1) is 13.8 Å². The van der Waals surface area contributed by atoms with E-state index in [-0.39, 0.29) is 0 Å². The van der Waals surface area contributed by atoms with Crippen LogP contribution in [0.3, 0.4) is 0 Å². The Morgan fingerprint density at radius 1 is 1.00 bits per heavy atom. The Balaban J connectivity index is 1.81. The number of rotatable bonds is 5. The Kier molecular flexibility index (Phi) is 4.24. The third-order valence-electron chi connectivity index (χ3n) is 3.22. The minimum absolute atomic E-state index is 0.580. The molecule has 0 atom stereocenters. The highest BCUT2D eigenvalue weighted by molar-refractivity contribution is 7.98. The smallest absolute Gasteiger partial charge is 0.226 e. The fourth-order valence-electron chi connectivity index (χ4n) is 2.04. The Labute approximate surface area is 133 Å². The van der Waals surface area contributed by atoms with E-state index in [1.165, 1.54) is 17.3 Å². The number of benzene rings is 1. The molecule has 0 aliphatic heterocycles. The van der Waals surface area contributed by atoms with E-state index in [9.17, 15) is 0 Å². The molecular formula is C15H17N5OS. The second-order valence-electron chi connectivity index (χ2n) is 4.93. The predicted octanol–water partition coefficient (Wildman–Crippen LogP) is 3.12. The predicted molar refractivity (Wildman–Crippen MR) is 84.1 cm³/mol. The van der Waals surface area contributed by atoms with Gasteiger partial charge in [0.15, 0.2) is 5.16 Å². The molecule has 0 spiro atoms. The highest BCUT2D eigenvalue weighted by Gasteiger charge is 2.13. The van der Waals surface area contributed by atoms with E-state index >= 15 is 0 Å². The van der Waals surface area contributed by atoms with Gasteiger partial charge in [-0.1, -0.05) is 36.4 Å². The standard InChI is InChI=1S/C15H17N5OS/c1-4-13-17-18-14(21-13)9-22-15-19-16-11(3)20(15)12-7-5-10(2)6-8-12/h5-8H,4,9H2,1-3H3. The molecule has 0 radical (unpaired) electrons. The molecule has 0 unspecified atom stereocenters. The summed E-state index contributed by atoms with van der Waals surface area (Å²) in [6, 6.07) is 8.29. The first-order valence-electron chi connectivity index (χ1n) is 7.10. The van der Waals surface area contributed by atoms with Crippen molar-refractivity contribution >= 4 is 11.8 Å². The average Bonchev–Trinajstić information content (AvgIpc) is 3.13. The number of aryl methyl sites for hydroxylation is 3. The van der Waals surface area contributed by atoms with E-state index in [0.29, 0.717) is 17.5 Å². The largest absolute Gasteiger partial charge is 0.424 e. The second-order valence-corrected chi connectivity index (χ2v) is 5.88. The van der Waals surface area contributed by atoms with Crippen molar-refractivity contribution < 1.29 is 4.42 Å². The topological polar surface area (TPSA) is 69.6 Å². The zero-order valence-corrected chi connectivity index (χ0v) is 13.6. The molecule has 0 fully saturated rings. The number of hydrogen-bond donors (Lipinski definition) is 0. The average molecular weight is 315 g/mol. The number of thioether (sulfide) groups is 1. The Bertz CT molecular complexity index is 763. The van der Waals surface area contributed by atoms with Crippen LogP contribution >= 0.6 is 11.8 Å². The van der Waals surface area contributed by atoms with Crippen LogP contribution in [0.25, 0.3) is 5.69 Å². The maximum Gasteiger partial charge on any atom is 0.226 e. The molecule has 0 N–H and O–H groups in total. The fourth-order valence-corrected chi connectivity index (χ4v) is 2.88. The van der Waals surface area contributed by atoms with Gasteiger partial charge in [0.05, 0.1) is 5.75 Å². The third-order valence-corrected chi connectivity index (χ3v) is 4.14. The lowest BCUT2D eigenvalue weighted by Crippen LogP contribution is -1.99. The molecule has 0 saturated carbocycles. The van der Waals surface area contributed by atoms with Gasteiger partial charge < -0.3 is 4.42 Å². The fraction of sp³-hybridized carbons (Fsp3) is 0.333. The number of aromatic nitrogens is 5. The zero-order chi connectivity index (χ0) is 15.5. The van der Waals surface area contributed by atoms with Crippen molar-refractivity contribution in [2.75, 3.05) is 0 Å². The summed E-state index contributed by atoms with van der Waals surface area (Å²) in [6.45, 7) is 6.00. The van der Waals surface area contributed by atoms with Crippen molar-refractivity contribution in [2.24, 2.45) is 0 Å². The summed E-state index contributed by atoms with van der Waals surface area (Å²) >= 11 is 1.54. The van der Waals surface area contributed by atoms with Gasteiger partial charge in [-0.2, -0.15) is 0 Å². The first-order chi connectivity index (χ1) is 10.7. The molecule has 0 aliphatic carbocycles. The Morgan fingerprint density at radius 2 is 1.73 bits per heavy atom. The molecule has 2 aromatic heterocycles. The number of nitrogens with zero attached hydrogens (tertiary/aromatic N) is 5. The van der Waals surface area contributed by atoms with Gasteiger partial charge in [0.25, 0.3) is 0 Å². The van der Waals surface area contributed by atoms with Crippen LogP contribution < -0.4 is 0 Å². The van der Waals surface area contributed by atoms with E-state index in [2.05, 4.69) is 51.6 Å². The molecule has 114 valence electrons. The lowest BCUT2D eigenvalue weighted by Gasteiger charge is -2.07. The van der Waals surface area contributed by atoms with E-state index in [4.69, 9.17) is 4.42 Å². The van der Waals surface area contributed by atoms with Crippen molar-refractivity contribution in [3.8, 4) is 5.69 Å². The summed E-state index contributed by atoms with van der Waals surface area (Å²) in [6.07, 6.45) is 0.746. The van der Waals surface area contributed by atoms with Crippen molar-refractivity contribution in [3.05, 3.63) is 47.4 Å². The van der Waals surface area contributed by atoms with Crippen LogP contribution in [0.4, 0.5) is 0 Å². The van der Waals surface area contributed by atoms with Gasteiger partial charge in [0, 0.05) is 12.1 Å². The maximum absolute atomic E-state index is 5.52. The molecule has 7 heteroatoms. The summed E-state index contributed by atoms with van der Waals surface area (Å²) in [7, 11) is 0. The molecule has 0 aliphatic rings. The molecule has 3 rings (SSSR count). The molecule has 6 nitrogen and oxygen atoms in total. The third kappa shape index (κ3) is 3.04. The van der Waals surface area contributed by atoms with Crippen LogP contribution in [-0.4, -0.2) is 25.0 Å². The van der Waals surface area contributed by atoms with Crippen molar-refractivity contribution in [1.82, 2.24) is 25.0 Å². The summed E-state index contributed by atoms with van der Waals surface area (Å²) in [4.78, 5) is 0. The minimum atomic E-state index is 0.580. The number of hydrogen-bond acceptors (Lipinski definition) is 6. The monoisotopic (exact) mass is 315 g/mol. The van der Waals surface area contributed by atoms with E-state index in [1.54, 1.807) is 0 Å². The van der Waals surface area contributed by atoms with Gasteiger partial charge in [0.2, 0.25) is 11.8 Å². The van der Waals surface area contributed by atoms with Gasteiger partial charge >= 0.3 is 0 Å². The van der Waals surface area contributed by atoms with Crippen molar-refractivity contribution in [1.29, 1.82) is 0 Å². The minimum Gasteiger partial charge on any atom is -0.424 e. The second kappa shape index (κ2) is 6.31. The highest BCUT2D eigenvalue weighted by Crippen LogP contribution is 2.24. The van der Waals surface area contributed by atoms with Crippen molar-refractivity contribution in [2.45, 2.75) is 38.1 Å². The van der Waals surface area contributed by atoms with Gasteiger partial charge in [0.1, 0.15) is 5.82 Å². The summed E-state index contributed by atoms with van der Waals surface area (Å²) in [5.41, 5.74) is 2.28. The molecule has 0 saturated heterocycles. The Hall–Kier alpha value is -2.15. The first kappa shape index (κ1) is 14.8. The van der Waals surface area contributed by atoms with Crippen LogP contribution in [0.15, 0.2) is 33.8 Å². The summed E-state index contributed by atoms with van der Waals surface area (Å²) in [5.74, 6) is 2.70. The quantitative estimate of drug-likeness (QED) is 0.674. The molecule has 2 heterocycles. The lowest BCUT2D eigenvalue weighted by atomic mass is 10.2. The normalized spacial score (nSPS) is 11.0. The summed E-state index contributed by atoms with van der Waals surface area (Å²) < 4.78 is 7.55. The molecule has 22 heavy (non-hydrogen) atoms. The van der Waals surface area contributed by atoms with Crippen LogP contribution in [-0.2, 0) is 12.2 Å². The molecule has 3 aromatic rings. The summed E-state index contributed by atoms with van der Waals surface area (Å²) in [5, 5.41) is 17.2. The van der Waals surface area contributed by atoms with Crippen LogP contribution in [0.2, 0.25) is 0 Å². The first-order valence-corrected chi connectivity index (χ1v) is 8.09. The van der Waals surface area contributed by atoms with Crippen LogP contribution in [0.1, 0.15) is 30.1 Å². The molecule has 0 amide bonds. The van der Waals surface area contributed by atoms with E-state index < -0.39 is 0 Å². The lowest BCUT2D eigenvalue weighted by molar-refractivity contribution is 0.470. The SMILES string of the molecule is CCc1nnc(CSc2nnc(C)n2-c2ccc(C)cc2)o1. The van der Waals surface area contributed by atoms with Crippen LogP contribution in [0.5, 0.6) is 0 Å². The molecule has 0 bridgehead atoms. The van der Waals surface area contributed by atoms with Gasteiger partial charge in [-0.25, -0.2) is 0 Å². The highest BCUT2D eigenvalue weighted by atomic mass is 32.2. The zero-order valence-electron chi connectivity index (χ0n) is 12.8. The molecular weight excluding hydrogens is 298 g/mol. The molecule has 1 aromatic carbocycles. The van der Waals surface area contributed by atoms with E-state index in [0.717, 1.165) is 23.1 Å². The van der Waals surface area contributed by atoms with Crippen molar-refractivity contribution in [3.63, 3.8) is 0 Å². The maximum atomic E-state index is 5.52. The Morgan fingerprint density at radius 3 is 2.41 bits per heavy atom. The van der Waals surface area contributed by atoms with Gasteiger partial charge in [-0.05, 0) is 26.0 Å². The van der Waals surface area contributed by atoms with E-state index in [1.807, 2.05) is 18.4 Å².